The van der Waals surface area contributed by atoms with Gasteiger partial charge in [-0.1, -0.05) is 13.0 Å². The third-order valence-corrected chi connectivity index (χ3v) is 5.64. The second-order valence-corrected chi connectivity index (χ2v) is 7.44. The highest BCUT2D eigenvalue weighted by atomic mass is 127. The average molecular weight is 473 g/mol. The Kier molecular flexibility index (Phi) is 8.35. The molecule has 2 aromatic rings. The van der Waals surface area contributed by atoms with E-state index in [2.05, 4.69) is 51.4 Å². The van der Waals surface area contributed by atoms with Crippen molar-refractivity contribution in [3.63, 3.8) is 0 Å². The predicted octanol–water partition coefficient (Wildman–Crippen LogP) is 3.29. The molecular weight excluding hydrogens is 445 g/mol. The minimum absolute atomic E-state index is 0. The largest absolute Gasteiger partial charge is 0.357 e. The molecular formula is C18H28IN5S. The van der Waals surface area contributed by atoms with Gasteiger partial charge in [0.2, 0.25) is 0 Å². The Balaban J connectivity index is 0.00000225. The number of hydrogen-bond acceptors (Lipinski definition) is 3. The zero-order chi connectivity index (χ0) is 16.8. The zero-order valence-electron chi connectivity index (χ0n) is 15.0. The Morgan fingerprint density at radius 3 is 3.04 bits per heavy atom. The van der Waals surface area contributed by atoms with Crippen molar-refractivity contribution in [1.29, 1.82) is 0 Å². The van der Waals surface area contributed by atoms with E-state index in [1.165, 1.54) is 12.2 Å². The maximum Gasteiger partial charge on any atom is 0.193 e. The lowest BCUT2D eigenvalue weighted by atomic mass is 10.3. The van der Waals surface area contributed by atoms with Crippen LogP contribution in [0.15, 0.2) is 35.6 Å². The molecule has 0 bridgehead atoms. The van der Waals surface area contributed by atoms with E-state index in [9.17, 15) is 0 Å². The Labute approximate surface area is 171 Å². The minimum Gasteiger partial charge on any atom is -0.357 e. The van der Waals surface area contributed by atoms with Crippen LogP contribution in [0.3, 0.4) is 0 Å². The van der Waals surface area contributed by atoms with Crippen molar-refractivity contribution in [2.45, 2.75) is 31.9 Å². The summed E-state index contributed by atoms with van der Waals surface area (Å²) in [6.45, 7) is 8.27. The summed E-state index contributed by atoms with van der Waals surface area (Å²) in [5.74, 6) is 2.25. The van der Waals surface area contributed by atoms with E-state index < -0.39 is 0 Å². The van der Waals surface area contributed by atoms with Gasteiger partial charge in [-0.15, -0.1) is 24.0 Å². The van der Waals surface area contributed by atoms with Crippen LogP contribution in [-0.4, -0.2) is 57.4 Å². The van der Waals surface area contributed by atoms with Crippen molar-refractivity contribution in [2.75, 3.05) is 31.9 Å². The number of halogens is 1. The zero-order valence-corrected chi connectivity index (χ0v) is 18.2. The predicted molar refractivity (Wildman–Crippen MR) is 118 cm³/mol. The fourth-order valence-electron chi connectivity index (χ4n) is 2.97. The van der Waals surface area contributed by atoms with Gasteiger partial charge in [-0.25, -0.2) is 4.98 Å². The molecule has 1 atom stereocenters. The number of nitrogens with zero attached hydrogens (tertiary/aromatic N) is 4. The third kappa shape index (κ3) is 5.51. The number of aromatic nitrogens is 2. The normalized spacial score (nSPS) is 18.2. The first-order valence-electron chi connectivity index (χ1n) is 8.87. The Hall–Kier alpha value is -0.960. The van der Waals surface area contributed by atoms with Gasteiger partial charge in [0.25, 0.3) is 0 Å². The van der Waals surface area contributed by atoms with Gasteiger partial charge in [-0.05, 0) is 25.5 Å². The van der Waals surface area contributed by atoms with Gasteiger partial charge < -0.3 is 14.6 Å². The number of nitrogens with one attached hydrogen (secondary N) is 1. The molecule has 1 aliphatic heterocycles. The molecule has 2 aromatic heterocycles. The van der Waals surface area contributed by atoms with E-state index in [0.717, 1.165) is 55.2 Å². The van der Waals surface area contributed by atoms with Gasteiger partial charge >= 0.3 is 0 Å². The highest BCUT2D eigenvalue weighted by molar-refractivity contribution is 14.0. The van der Waals surface area contributed by atoms with Gasteiger partial charge in [-0.2, -0.15) is 11.8 Å². The Morgan fingerprint density at radius 2 is 2.28 bits per heavy atom. The van der Waals surface area contributed by atoms with Crippen LogP contribution in [0.25, 0.3) is 5.65 Å². The smallest absolute Gasteiger partial charge is 0.193 e. The molecule has 3 rings (SSSR count). The first-order valence-corrected chi connectivity index (χ1v) is 9.92. The van der Waals surface area contributed by atoms with E-state index in [0.29, 0.717) is 0 Å². The molecule has 0 amide bonds. The number of aliphatic imine (C=N–C) groups is 1. The summed E-state index contributed by atoms with van der Waals surface area (Å²) in [6.07, 6.45) is 6.23. The molecule has 0 aromatic carbocycles. The van der Waals surface area contributed by atoms with Gasteiger partial charge in [-0.3, -0.25) is 4.99 Å². The summed E-state index contributed by atoms with van der Waals surface area (Å²) in [6, 6.07) is 6.08. The molecule has 1 saturated heterocycles. The number of guanidine groups is 1. The van der Waals surface area contributed by atoms with Crippen LogP contribution >= 0.6 is 35.7 Å². The molecule has 0 spiro atoms. The number of thioether (sulfide) groups is 1. The van der Waals surface area contributed by atoms with Gasteiger partial charge in [0.05, 0.1) is 5.69 Å². The van der Waals surface area contributed by atoms with Crippen molar-refractivity contribution >= 4 is 47.3 Å². The van der Waals surface area contributed by atoms with Crippen LogP contribution in [0.2, 0.25) is 0 Å². The van der Waals surface area contributed by atoms with E-state index in [-0.39, 0.29) is 24.0 Å². The van der Waals surface area contributed by atoms with Crippen molar-refractivity contribution < 1.29 is 0 Å². The van der Waals surface area contributed by atoms with E-state index in [1.54, 1.807) is 0 Å². The second-order valence-electron chi connectivity index (χ2n) is 6.03. The van der Waals surface area contributed by atoms with Crippen LogP contribution in [-0.2, 0) is 6.42 Å². The molecule has 1 N–H and O–H groups in total. The number of pyridine rings is 1. The fraction of sp³-hybridized carbons (Fsp3) is 0.556. The number of rotatable bonds is 5. The van der Waals surface area contributed by atoms with E-state index >= 15 is 0 Å². The third-order valence-electron chi connectivity index (χ3n) is 4.27. The monoisotopic (exact) mass is 473 g/mol. The molecule has 1 unspecified atom stereocenters. The molecule has 0 radical (unpaired) electrons. The summed E-state index contributed by atoms with van der Waals surface area (Å²) in [5, 5.41) is 4.17. The SMILES string of the molecule is CCNC(=NCCc1cn2ccccc2n1)N1CCSC(CC)C1.I. The lowest BCUT2D eigenvalue weighted by molar-refractivity contribution is 0.408. The van der Waals surface area contributed by atoms with Crippen LogP contribution in [0, 0.1) is 0 Å². The molecule has 5 nitrogen and oxygen atoms in total. The standard InChI is InChI=1S/C18H27N5S.HI/c1-3-16-14-23(11-12-24-16)18(19-4-2)20-9-8-15-13-22-10-6-5-7-17(22)21-15;/h5-7,10,13,16H,3-4,8-9,11-12,14H2,1-2H3,(H,19,20);1H. The summed E-state index contributed by atoms with van der Waals surface area (Å²) < 4.78 is 2.07. The van der Waals surface area contributed by atoms with Crippen LogP contribution in [0.4, 0.5) is 0 Å². The highest BCUT2D eigenvalue weighted by Crippen LogP contribution is 2.21. The lowest BCUT2D eigenvalue weighted by Gasteiger charge is -2.34. The summed E-state index contributed by atoms with van der Waals surface area (Å²) in [7, 11) is 0. The average Bonchev–Trinajstić information content (AvgIpc) is 3.04. The molecule has 3 heterocycles. The van der Waals surface area contributed by atoms with Crippen LogP contribution < -0.4 is 5.32 Å². The van der Waals surface area contributed by atoms with Crippen molar-refractivity contribution in [1.82, 2.24) is 19.6 Å². The molecule has 138 valence electrons. The van der Waals surface area contributed by atoms with Gasteiger partial charge in [0.1, 0.15) is 5.65 Å². The van der Waals surface area contributed by atoms with Crippen molar-refractivity contribution in [3.05, 3.63) is 36.3 Å². The molecule has 1 aliphatic rings. The maximum atomic E-state index is 4.84. The molecule has 7 heteroatoms. The summed E-state index contributed by atoms with van der Waals surface area (Å²) in [5.41, 5.74) is 2.10. The van der Waals surface area contributed by atoms with Crippen LogP contribution in [0.1, 0.15) is 26.0 Å². The van der Waals surface area contributed by atoms with Gasteiger partial charge in [0, 0.05) is 56.0 Å². The lowest BCUT2D eigenvalue weighted by Crippen LogP contribution is -2.48. The first-order chi connectivity index (χ1) is 11.8. The quantitative estimate of drug-likeness (QED) is 0.412. The maximum absolute atomic E-state index is 4.84. The van der Waals surface area contributed by atoms with Crippen molar-refractivity contribution in [3.8, 4) is 0 Å². The summed E-state index contributed by atoms with van der Waals surface area (Å²) in [4.78, 5) is 11.9. The fourth-order valence-corrected chi connectivity index (χ4v) is 4.15. The molecule has 1 fully saturated rings. The number of fused-ring (bicyclic) bond motifs is 1. The van der Waals surface area contributed by atoms with E-state index in [4.69, 9.17) is 4.99 Å². The van der Waals surface area contributed by atoms with E-state index in [1.807, 2.05) is 24.4 Å². The van der Waals surface area contributed by atoms with Crippen molar-refractivity contribution in [2.24, 2.45) is 4.99 Å². The molecule has 0 aliphatic carbocycles. The molecule has 25 heavy (non-hydrogen) atoms. The summed E-state index contributed by atoms with van der Waals surface area (Å²) >= 11 is 2.09. The number of hydrogen-bond donors (Lipinski definition) is 1. The second kappa shape index (κ2) is 10.3. The Bertz CT molecular complexity index is 654. The first kappa shape index (κ1) is 20.4. The Morgan fingerprint density at radius 1 is 1.40 bits per heavy atom. The topological polar surface area (TPSA) is 44.9 Å². The minimum atomic E-state index is 0. The highest BCUT2D eigenvalue weighted by Gasteiger charge is 2.21. The number of imidazole rings is 1. The van der Waals surface area contributed by atoms with Gasteiger partial charge in [0.15, 0.2) is 5.96 Å². The molecule has 0 saturated carbocycles. The van der Waals surface area contributed by atoms with Crippen LogP contribution in [0.5, 0.6) is 0 Å².